The Labute approximate surface area is 133 Å². The molecule has 1 saturated heterocycles. The molecule has 6 atom stereocenters. The van der Waals surface area contributed by atoms with E-state index in [1.807, 2.05) is 0 Å². The fraction of sp³-hybridized carbons (Fsp3) is 0.846. The molecule has 0 unspecified atom stereocenters. The van der Waals surface area contributed by atoms with E-state index in [2.05, 4.69) is 5.32 Å². The molecule has 0 aromatic carbocycles. The van der Waals surface area contributed by atoms with E-state index >= 15 is 0 Å². The number of carbonyl (C=O) groups excluding carboxylic acids is 1. The minimum atomic E-state index is -2.58. The number of carboxylic acids is 1. The van der Waals surface area contributed by atoms with Gasteiger partial charge in [0.05, 0.1) is 18.8 Å². The van der Waals surface area contributed by atoms with Crippen LogP contribution in [-0.2, 0) is 23.8 Å². The highest BCUT2D eigenvalue weighted by Crippen LogP contribution is 2.32. The van der Waals surface area contributed by atoms with Crippen LogP contribution in [0.25, 0.3) is 0 Å². The Hall–Kier alpha value is -1.30. The molecule has 5 N–H and O–H groups in total. The number of aliphatic hydroxyl groups excluding tert-OH is 2. The smallest absolute Gasteiger partial charge is 0.364 e. The van der Waals surface area contributed by atoms with Crippen molar-refractivity contribution in [3.05, 3.63) is 0 Å². The summed E-state index contributed by atoms with van der Waals surface area (Å²) in [4.78, 5) is 22.7. The number of amides is 1. The Morgan fingerprint density at radius 3 is 2.43 bits per heavy atom. The van der Waals surface area contributed by atoms with Crippen molar-refractivity contribution in [2.45, 2.75) is 49.6 Å². The summed E-state index contributed by atoms with van der Waals surface area (Å²) < 4.78 is 15.5. The molecule has 0 bridgehead atoms. The SMILES string of the molecule is CO[C@@H]([C@@H]1O[C@](O)(C(=O)O)C[C@H](OC)[C@H]1NC(C)=O)[C@H](O)CO. The maximum atomic E-state index is 11.4. The van der Waals surface area contributed by atoms with E-state index in [0.717, 1.165) is 0 Å². The maximum Gasteiger partial charge on any atom is 0.364 e. The monoisotopic (exact) mass is 337 g/mol. The zero-order chi connectivity index (χ0) is 17.8. The van der Waals surface area contributed by atoms with Gasteiger partial charge in [-0.05, 0) is 0 Å². The first-order chi connectivity index (χ1) is 10.7. The molecule has 1 heterocycles. The molecule has 0 saturated carbocycles. The third-order valence-electron chi connectivity index (χ3n) is 3.73. The van der Waals surface area contributed by atoms with Gasteiger partial charge >= 0.3 is 5.97 Å². The van der Waals surface area contributed by atoms with Crippen LogP contribution in [0.15, 0.2) is 0 Å². The first-order valence-electron chi connectivity index (χ1n) is 6.95. The third-order valence-corrected chi connectivity index (χ3v) is 3.73. The lowest BCUT2D eigenvalue weighted by Gasteiger charge is -2.46. The normalized spacial score (nSPS) is 33.7. The number of aliphatic hydroxyl groups is 3. The van der Waals surface area contributed by atoms with Gasteiger partial charge in [0.1, 0.15) is 18.3 Å². The van der Waals surface area contributed by atoms with Gasteiger partial charge in [0, 0.05) is 27.6 Å². The Bertz CT molecular complexity index is 432. The van der Waals surface area contributed by atoms with Crippen molar-refractivity contribution in [1.29, 1.82) is 0 Å². The second kappa shape index (κ2) is 7.99. The van der Waals surface area contributed by atoms with E-state index in [1.165, 1.54) is 21.1 Å². The maximum absolute atomic E-state index is 11.4. The summed E-state index contributed by atoms with van der Waals surface area (Å²) in [5.41, 5.74) is 0. The average Bonchev–Trinajstić information content (AvgIpc) is 2.49. The number of carbonyl (C=O) groups is 2. The Balaban J connectivity index is 3.22. The third kappa shape index (κ3) is 4.37. The second-order valence-corrected chi connectivity index (χ2v) is 5.33. The standard InChI is InChI=1S/C13H23NO9/c1-6(16)14-9-8(21-2)4-13(20,12(18)19)23-11(9)10(22-3)7(17)5-15/h7-11,15,17,20H,4-5H2,1-3H3,(H,14,16)(H,18,19)/t7-,8+,9-,10-,11-,13+/m1/s1. The van der Waals surface area contributed by atoms with Crippen molar-refractivity contribution in [2.24, 2.45) is 0 Å². The van der Waals surface area contributed by atoms with Crippen LogP contribution in [0.1, 0.15) is 13.3 Å². The number of hydrogen-bond donors (Lipinski definition) is 5. The van der Waals surface area contributed by atoms with Gasteiger partial charge in [-0.15, -0.1) is 0 Å². The van der Waals surface area contributed by atoms with Crippen LogP contribution in [0.4, 0.5) is 0 Å². The largest absolute Gasteiger partial charge is 0.477 e. The minimum Gasteiger partial charge on any atom is -0.477 e. The van der Waals surface area contributed by atoms with Crippen LogP contribution < -0.4 is 5.32 Å². The zero-order valence-electron chi connectivity index (χ0n) is 13.1. The van der Waals surface area contributed by atoms with Crippen molar-refractivity contribution in [2.75, 3.05) is 20.8 Å². The number of ether oxygens (including phenoxy) is 3. The molecule has 1 aliphatic rings. The summed E-state index contributed by atoms with van der Waals surface area (Å²) in [7, 11) is 2.50. The van der Waals surface area contributed by atoms with Crippen LogP contribution in [-0.4, -0.2) is 89.4 Å². The molecule has 23 heavy (non-hydrogen) atoms. The van der Waals surface area contributed by atoms with Gasteiger partial charge in [0.25, 0.3) is 5.79 Å². The quantitative estimate of drug-likeness (QED) is 0.337. The van der Waals surface area contributed by atoms with Crippen molar-refractivity contribution < 1.29 is 44.2 Å². The molecule has 1 fully saturated rings. The van der Waals surface area contributed by atoms with Gasteiger partial charge in [0.2, 0.25) is 5.91 Å². The molecule has 1 amide bonds. The fourth-order valence-electron chi connectivity index (χ4n) is 2.62. The molecule has 0 spiro atoms. The average molecular weight is 337 g/mol. The molecule has 0 aromatic rings. The van der Waals surface area contributed by atoms with Gasteiger partial charge in [-0.25, -0.2) is 4.79 Å². The Kier molecular flexibility index (Phi) is 6.86. The van der Waals surface area contributed by atoms with E-state index in [1.54, 1.807) is 0 Å². The van der Waals surface area contributed by atoms with Crippen LogP contribution in [0.5, 0.6) is 0 Å². The van der Waals surface area contributed by atoms with Crippen LogP contribution in [0, 0.1) is 0 Å². The highest BCUT2D eigenvalue weighted by Gasteiger charge is 2.54. The number of rotatable bonds is 7. The van der Waals surface area contributed by atoms with Crippen molar-refractivity contribution in [3.63, 3.8) is 0 Å². The highest BCUT2D eigenvalue weighted by atomic mass is 16.7. The van der Waals surface area contributed by atoms with Gasteiger partial charge < -0.3 is 40.0 Å². The fourth-order valence-corrected chi connectivity index (χ4v) is 2.62. The van der Waals surface area contributed by atoms with Crippen molar-refractivity contribution >= 4 is 11.9 Å². The predicted molar refractivity (Wildman–Crippen MR) is 74.4 cm³/mol. The molecule has 0 aromatic heterocycles. The van der Waals surface area contributed by atoms with E-state index < -0.39 is 61.1 Å². The minimum absolute atomic E-state index is 0.439. The molecular weight excluding hydrogens is 314 g/mol. The Morgan fingerprint density at radius 1 is 1.43 bits per heavy atom. The molecular formula is C13H23NO9. The van der Waals surface area contributed by atoms with Gasteiger partial charge in [-0.2, -0.15) is 0 Å². The van der Waals surface area contributed by atoms with Crippen LogP contribution in [0.3, 0.4) is 0 Å². The molecule has 1 aliphatic heterocycles. The zero-order valence-corrected chi connectivity index (χ0v) is 13.1. The van der Waals surface area contributed by atoms with Crippen LogP contribution >= 0.6 is 0 Å². The van der Waals surface area contributed by atoms with Crippen molar-refractivity contribution in [3.8, 4) is 0 Å². The number of hydrogen-bond acceptors (Lipinski definition) is 8. The van der Waals surface area contributed by atoms with Gasteiger partial charge in [-0.1, -0.05) is 0 Å². The topological polar surface area (TPSA) is 155 Å². The summed E-state index contributed by atoms with van der Waals surface area (Å²) in [6.07, 6.45) is -5.25. The molecule has 10 nitrogen and oxygen atoms in total. The predicted octanol–water partition coefficient (Wildman–Crippen LogP) is -2.56. The number of methoxy groups -OCH3 is 2. The molecule has 1 rings (SSSR count). The summed E-state index contributed by atoms with van der Waals surface area (Å²) in [6, 6.07) is -0.900. The molecule has 0 radical (unpaired) electrons. The highest BCUT2D eigenvalue weighted by molar-refractivity contribution is 5.76. The first-order valence-corrected chi connectivity index (χ1v) is 6.95. The lowest BCUT2D eigenvalue weighted by molar-refractivity contribution is -0.298. The second-order valence-electron chi connectivity index (χ2n) is 5.33. The summed E-state index contributed by atoms with van der Waals surface area (Å²) in [5, 5.41) is 40.8. The summed E-state index contributed by atoms with van der Waals surface area (Å²) >= 11 is 0. The van der Waals surface area contributed by atoms with Crippen molar-refractivity contribution in [1.82, 2.24) is 5.32 Å². The number of carboxylic acid groups (broad SMARTS) is 1. The summed E-state index contributed by atoms with van der Waals surface area (Å²) in [6.45, 7) is 0.556. The van der Waals surface area contributed by atoms with E-state index in [-0.39, 0.29) is 0 Å². The lowest BCUT2D eigenvalue weighted by Crippen LogP contribution is -2.67. The molecule has 0 aliphatic carbocycles. The first kappa shape index (κ1) is 19.7. The number of nitrogens with one attached hydrogen (secondary N) is 1. The van der Waals surface area contributed by atoms with E-state index in [0.29, 0.717) is 0 Å². The molecule has 10 heteroatoms. The Morgan fingerprint density at radius 2 is 2.04 bits per heavy atom. The van der Waals surface area contributed by atoms with Gasteiger partial charge in [-0.3, -0.25) is 4.79 Å². The molecule has 134 valence electrons. The van der Waals surface area contributed by atoms with Crippen LogP contribution in [0.2, 0.25) is 0 Å². The number of aliphatic carboxylic acids is 1. The van der Waals surface area contributed by atoms with E-state index in [4.69, 9.17) is 19.3 Å². The lowest BCUT2D eigenvalue weighted by atomic mass is 9.88. The summed E-state index contributed by atoms with van der Waals surface area (Å²) in [5.74, 6) is -4.66. The van der Waals surface area contributed by atoms with E-state index in [9.17, 15) is 24.9 Å². The van der Waals surface area contributed by atoms with Gasteiger partial charge in [0.15, 0.2) is 0 Å².